The van der Waals surface area contributed by atoms with Gasteiger partial charge in [-0.25, -0.2) is 0 Å². The molecular weight excluding hydrogens is 354 g/mol. The van der Waals surface area contributed by atoms with Crippen molar-refractivity contribution in [1.82, 2.24) is 5.32 Å². The number of hydrogen-bond donors (Lipinski definition) is 2. The maximum absolute atomic E-state index is 12.7. The molecule has 0 heterocycles. The maximum Gasteiger partial charge on any atom is 0.305 e. The van der Waals surface area contributed by atoms with E-state index in [9.17, 15) is 14.7 Å². The van der Waals surface area contributed by atoms with Crippen molar-refractivity contribution in [3.63, 3.8) is 0 Å². The number of benzene rings is 2. The fourth-order valence-electron chi connectivity index (χ4n) is 2.56. The monoisotopic (exact) mass is 375 g/mol. The van der Waals surface area contributed by atoms with Gasteiger partial charge < -0.3 is 19.9 Å². The third kappa shape index (κ3) is 4.70. The first-order valence-corrected chi connectivity index (χ1v) is 9.10. The minimum absolute atomic E-state index is 0.226. The van der Waals surface area contributed by atoms with Crippen molar-refractivity contribution in [2.45, 2.75) is 17.4 Å². The number of carboxylic acid groups (broad SMARTS) is 1. The average molecular weight is 375 g/mol. The van der Waals surface area contributed by atoms with Gasteiger partial charge in [-0.1, -0.05) is 18.2 Å². The smallest absolute Gasteiger partial charge is 0.305 e. The van der Waals surface area contributed by atoms with Crippen LogP contribution < -0.4 is 14.8 Å². The lowest BCUT2D eigenvalue weighted by molar-refractivity contribution is -0.137. The van der Waals surface area contributed by atoms with Crippen LogP contribution in [0.4, 0.5) is 0 Å². The van der Waals surface area contributed by atoms with Crippen molar-refractivity contribution in [3.8, 4) is 11.5 Å². The molecule has 0 saturated heterocycles. The highest BCUT2D eigenvalue weighted by molar-refractivity contribution is 7.98. The Bertz CT molecular complexity index is 776. The maximum atomic E-state index is 12.7. The molecule has 0 radical (unpaired) electrons. The summed E-state index contributed by atoms with van der Waals surface area (Å²) in [5.41, 5.74) is 1.00. The van der Waals surface area contributed by atoms with E-state index in [4.69, 9.17) is 9.47 Å². The van der Waals surface area contributed by atoms with Gasteiger partial charge in [-0.2, -0.15) is 0 Å². The molecule has 2 N–H and O–H groups in total. The first kappa shape index (κ1) is 19.7. The molecule has 0 saturated carbocycles. The Morgan fingerprint density at radius 3 is 2.35 bits per heavy atom. The van der Waals surface area contributed by atoms with Gasteiger partial charge >= 0.3 is 5.97 Å². The summed E-state index contributed by atoms with van der Waals surface area (Å²) < 4.78 is 10.5. The van der Waals surface area contributed by atoms with Crippen molar-refractivity contribution >= 4 is 23.6 Å². The molecule has 0 aliphatic rings. The lowest BCUT2D eigenvalue weighted by Crippen LogP contribution is -2.30. The summed E-state index contributed by atoms with van der Waals surface area (Å²) in [7, 11) is 2.94. The largest absolute Gasteiger partial charge is 0.493 e. The zero-order valence-electron chi connectivity index (χ0n) is 14.8. The lowest BCUT2D eigenvalue weighted by atomic mass is 10.0. The molecule has 0 aliphatic carbocycles. The summed E-state index contributed by atoms with van der Waals surface area (Å²) in [6, 6.07) is 11.7. The van der Waals surface area contributed by atoms with Gasteiger partial charge in [-0.15, -0.1) is 11.8 Å². The normalized spacial score (nSPS) is 11.5. The van der Waals surface area contributed by atoms with Gasteiger partial charge in [0, 0.05) is 4.90 Å². The Kier molecular flexibility index (Phi) is 6.91. The quantitative estimate of drug-likeness (QED) is 0.688. The number of para-hydroxylation sites is 1. The van der Waals surface area contributed by atoms with Crippen molar-refractivity contribution in [1.29, 1.82) is 0 Å². The molecule has 1 unspecified atom stereocenters. The Morgan fingerprint density at radius 2 is 1.81 bits per heavy atom. The van der Waals surface area contributed by atoms with Crippen LogP contribution in [0.3, 0.4) is 0 Å². The van der Waals surface area contributed by atoms with Gasteiger partial charge in [-0.3, -0.25) is 9.59 Å². The minimum Gasteiger partial charge on any atom is -0.493 e. The molecule has 0 aromatic heterocycles. The predicted molar refractivity (Wildman–Crippen MR) is 100 cm³/mol. The van der Waals surface area contributed by atoms with E-state index in [0.717, 1.165) is 10.5 Å². The lowest BCUT2D eigenvalue weighted by Gasteiger charge is -2.19. The first-order chi connectivity index (χ1) is 12.5. The minimum atomic E-state index is -0.998. The van der Waals surface area contributed by atoms with Gasteiger partial charge in [0.25, 0.3) is 5.91 Å². The number of hydrogen-bond acceptors (Lipinski definition) is 5. The molecule has 138 valence electrons. The third-order valence-electron chi connectivity index (χ3n) is 3.85. The fraction of sp³-hybridized carbons (Fsp3) is 0.263. The van der Waals surface area contributed by atoms with Crippen LogP contribution in [0, 0.1) is 0 Å². The van der Waals surface area contributed by atoms with Gasteiger partial charge in [0.2, 0.25) is 0 Å². The van der Waals surface area contributed by atoms with E-state index in [1.807, 2.05) is 30.5 Å². The predicted octanol–water partition coefficient (Wildman–Crippen LogP) is 3.37. The Morgan fingerprint density at radius 1 is 1.12 bits per heavy atom. The number of nitrogens with one attached hydrogen (secondary N) is 1. The molecule has 6 nitrogen and oxygen atoms in total. The van der Waals surface area contributed by atoms with Crippen LogP contribution in [-0.4, -0.2) is 37.5 Å². The van der Waals surface area contributed by atoms with E-state index in [2.05, 4.69) is 5.32 Å². The highest BCUT2D eigenvalue weighted by atomic mass is 32.2. The van der Waals surface area contributed by atoms with Crippen LogP contribution in [0.15, 0.2) is 47.4 Å². The van der Waals surface area contributed by atoms with Gasteiger partial charge in [0.1, 0.15) is 0 Å². The SMILES string of the molecule is COc1cccc(C(=O)NC(CC(=O)O)c2ccc(SC)cc2)c1OC. The van der Waals surface area contributed by atoms with E-state index in [1.54, 1.807) is 30.0 Å². The summed E-state index contributed by atoms with van der Waals surface area (Å²) in [4.78, 5) is 25.0. The average Bonchev–Trinajstić information content (AvgIpc) is 2.66. The molecule has 2 aromatic rings. The number of ether oxygens (including phenoxy) is 2. The van der Waals surface area contributed by atoms with Crippen LogP contribution in [0.2, 0.25) is 0 Å². The summed E-state index contributed by atoms with van der Waals surface area (Å²) in [5.74, 6) is -0.693. The second-order valence-corrected chi connectivity index (χ2v) is 6.32. The molecule has 26 heavy (non-hydrogen) atoms. The molecular formula is C19H21NO5S. The van der Waals surface area contributed by atoms with E-state index >= 15 is 0 Å². The molecule has 0 aliphatic heterocycles. The number of methoxy groups -OCH3 is 2. The topological polar surface area (TPSA) is 84.9 Å². The number of carboxylic acids is 1. The van der Waals surface area contributed by atoms with Crippen LogP contribution >= 0.6 is 11.8 Å². The summed E-state index contributed by atoms with van der Waals surface area (Å²) in [6.45, 7) is 0. The molecule has 7 heteroatoms. The van der Waals surface area contributed by atoms with Crippen molar-refractivity contribution in [2.75, 3.05) is 20.5 Å². The molecule has 0 bridgehead atoms. The molecule has 0 spiro atoms. The highest BCUT2D eigenvalue weighted by Gasteiger charge is 2.22. The zero-order chi connectivity index (χ0) is 19.1. The van der Waals surface area contributed by atoms with E-state index < -0.39 is 17.9 Å². The van der Waals surface area contributed by atoms with Crippen LogP contribution in [0.1, 0.15) is 28.4 Å². The number of carbonyl (C=O) groups is 2. The third-order valence-corrected chi connectivity index (χ3v) is 4.59. The number of amides is 1. The Hall–Kier alpha value is -2.67. The summed E-state index contributed by atoms with van der Waals surface area (Å²) in [5, 5.41) is 12.0. The van der Waals surface area contributed by atoms with Gasteiger partial charge in [-0.05, 0) is 36.1 Å². The van der Waals surface area contributed by atoms with E-state index in [0.29, 0.717) is 11.5 Å². The van der Waals surface area contributed by atoms with E-state index in [1.165, 1.54) is 14.2 Å². The molecule has 1 amide bonds. The Labute approximate surface area is 156 Å². The van der Waals surface area contributed by atoms with Crippen molar-refractivity contribution in [2.24, 2.45) is 0 Å². The van der Waals surface area contributed by atoms with Crippen LogP contribution in [-0.2, 0) is 4.79 Å². The molecule has 1 atom stereocenters. The standard InChI is InChI=1S/C19H21NO5S/c1-24-16-6-4-5-14(18(16)25-2)19(23)20-15(11-17(21)22)12-7-9-13(26-3)10-8-12/h4-10,15H,11H2,1-3H3,(H,20,23)(H,21,22). The number of thioether (sulfide) groups is 1. The second-order valence-electron chi connectivity index (χ2n) is 5.44. The first-order valence-electron chi connectivity index (χ1n) is 7.87. The van der Waals surface area contributed by atoms with Gasteiger partial charge in [0.05, 0.1) is 32.2 Å². The van der Waals surface area contributed by atoms with Crippen LogP contribution in [0.5, 0.6) is 11.5 Å². The van der Waals surface area contributed by atoms with E-state index in [-0.39, 0.29) is 12.0 Å². The van der Waals surface area contributed by atoms with Crippen molar-refractivity contribution in [3.05, 3.63) is 53.6 Å². The second kappa shape index (κ2) is 9.15. The molecule has 2 aromatic carbocycles. The summed E-state index contributed by atoms with van der Waals surface area (Å²) >= 11 is 1.59. The molecule has 2 rings (SSSR count). The number of carbonyl (C=O) groups excluding carboxylic acids is 1. The fourth-order valence-corrected chi connectivity index (χ4v) is 2.97. The molecule has 0 fully saturated rings. The highest BCUT2D eigenvalue weighted by Crippen LogP contribution is 2.31. The van der Waals surface area contributed by atoms with Gasteiger partial charge in [0.15, 0.2) is 11.5 Å². The zero-order valence-corrected chi connectivity index (χ0v) is 15.6. The number of aliphatic carboxylic acids is 1. The summed E-state index contributed by atoms with van der Waals surface area (Å²) in [6.07, 6.45) is 1.73. The van der Waals surface area contributed by atoms with Crippen LogP contribution in [0.25, 0.3) is 0 Å². The van der Waals surface area contributed by atoms with Crippen molar-refractivity contribution < 1.29 is 24.2 Å². The number of rotatable bonds is 8. The Balaban J connectivity index is 2.30.